The minimum absolute atomic E-state index is 0.0223. The number of hydrogen-bond donors (Lipinski definition) is 1. The van der Waals surface area contributed by atoms with Gasteiger partial charge in [-0.2, -0.15) is 0 Å². The maximum atomic E-state index is 12.8. The zero-order valence-corrected chi connectivity index (χ0v) is 16.1. The van der Waals surface area contributed by atoms with E-state index >= 15 is 0 Å². The van der Waals surface area contributed by atoms with Crippen LogP contribution in [0.1, 0.15) is 57.4 Å². The van der Waals surface area contributed by atoms with Crippen LogP contribution in [-0.2, 0) is 16.1 Å². The maximum absolute atomic E-state index is 12.8. The van der Waals surface area contributed by atoms with E-state index in [1.165, 1.54) is 4.90 Å². The van der Waals surface area contributed by atoms with Crippen molar-refractivity contribution in [2.45, 2.75) is 64.0 Å². The van der Waals surface area contributed by atoms with Gasteiger partial charge in [0.1, 0.15) is 5.54 Å². The molecule has 2 fully saturated rings. The summed E-state index contributed by atoms with van der Waals surface area (Å²) in [6.45, 7) is 3.41. The average molecular weight is 371 g/mol. The Morgan fingerprint density at radius 1 is 1.15 bits per heavy atom. The van der Waals surface area contributed by atoms with Gasteiger partial charge in [0, 0.05) is 26.1 Å². The molecule has 1 saturated carbocycles. The van der Waals surface area contributed by atoms with Crippen molar-refractivity contribution in [2.75, 3.05) is 13.1 Å². The third-order valence-electron chi connectivity index (χ3n) is 5.56. The smallest absolute Gasteiger partial charge is 0.325 e. The highest BCUT2D eigenvalue weighted by Gasteiger charge is 2.51. The van der Waals surface area contributed by atoms with E-state index in [4.69, 9.17) is 0 Å². The van der Waals surface area contributed by atoms with Crippen LogP contribution in [0.2, 0.25) is 0 Å². The van der Waals surface area contributed by atoms with Crippen molar-refractivity contribution < 1.29 is 14.4 Å². The molecule has 2 aliphatic rings. The van der Waals surface area contributed by atoms with Gasteiger partial charge in [0.25, 0.3) is 5.91 Å². The van der Waals surface area contributed by atoms with Crippen LogP contribution in [-0.4, -0.2) is 46.3 Å². The third kappa shape index (κ3) is 4.31. The Morgan fingerprint density at radius 3 is 2.52 bits per heavy atom. The first-order chi connectivity index (χ1) is 13.1. The number of benzene rings is 1. The lowest BCUT2D eigenvalue weighted by atomic mass is 9.82. The molecule has 0 atom stereocenters. The fourth-order valence-corrected chi connectivity index (χ4v) is 4.10. The summed E-state index contributed by atoms with van der Waals surface area (Å²) in [6, 6.07) is 9.52. The Labute approximate surface area is 160 Å². The molecule has 1 heterocycles. The fourth-order valence-electron chi connectivity index (χ4n) is 4.10. The van der Waals surface area contributed by atoms with Gasteiger partial charge in [0.15, 0.2) is 0 Å². The summed E-state index contributed by atoms with van der Waals surface area (Å²) in [5.74, 6) is -0.170. The molecule has 3 rings (SSSR count). The predicted molar refractivity (Wildman–Crippen MR) is 103 cm³/mol. The summed E-state index contributed by atoms with van der Waals surface area (Å²) < 4.78 is 0. The first kappa shape index (κ1) is 19.4. The number of rotatable bonds is 7. The van der Waals surface area contributed by atoms with Crippen LogP contribution >= 0.6 is 0 Å². The van der Waals surface area contributed by atoms with Crippen molar-refractivity contribution in [3.05, 3.63) is 35.9 Å². The van der Waals surface area contributed by atoms with Gasteiger partial charge < -0.3 is 10.2 Å². The van der Waals surface area contributed by atoms with E-state index in [1.807, 2.05) is 42.2 Å². The summed E-state index contributed by atoms with van der Waals surface area (Å²) in [7, 11) is 0. The highest BCUT2D eigenvalue weighted by molar-refractivity contribution is 6.07. The minimum Gasteiger partial charge on any atom is -0.338 e. The average Bonchev–Trinajstić information content (AvgIpc) is 2.90. The lowest BCUT2D eigenvalue weighted by molar-refractivity contribution is -0.134. The molecule has 0 unspecified atom stereocenters. The first-order valence-electron chi connectivity index (χ1n) is 10.0. The summed E-state index contributed by atoms with van der Waals surface area (Å²) in [5.41, 5.74) is 0.362. The van der Waals surface area contributed by atoms with Crippen molar-refractivity contribution in [3.63, 3.8) is 0 Å². The van der Waals surface area contributed by atoms with Crippen molar-refractivity contribution in [2.24, 2.45) is 0 Å². The number of nitrogens with one attached hydrogen (secondary N) is 1. The highest BCUT2D eigenvalue weighted by Crippen LogP contribution is 2.33. The van der Waals surface area contributed by atoms with Crippen LogP contribution in [0.15, 0.2) is 30.3 Å². The maximum Gasteiger partial charge on any atom is 0.325 e. The monoisotopic (exact) mass is 371 g/mol. The normalized spacial score (nSPS) is 18.6. The van der Waals surface area contributed by atoms with Crippen molar-refractivity contribution >= 4 is 17.8 Å². The van der Waals surface area contributed by atoms with Crippen LogP contribution in [0.3, 0.4) is 0 Å². The topological polar surface area (TPSA) is 69.7 Å². The molecule has 6 heteroatoms. The molecule has 1 aromatic rings. The molecule has 1 aromatic carbocycles. The van der Waals surface area contributed by atoms with Crippen LogP contribution in [0.4, 0.5) is 4.79 Å². The number of amides is 4. The van der Waals surface area contributed by atoms with Crippen LogP contribution in [0.25, 0.3) is 0 Å². The lowest BCUT2D eigenvalue weighted by Gasteiger charge is -2.30. The number of nitrogens with zero attached hydrogens (tertiary/aromatic N) is 2. The molecule has 0 aromatic heterocycles. The zero-order valence-electron chi connectivity index (χ0n) is 16.1. The van der Waals surface area contributed by atoms with Gasteiger partial charge in [0.05, 0.1) is 0 Å². The molecule has 1 aliphatic carbocycles. The van der Waals surface area contributed by atoms with Crippen LogP contribution < -0.4 is 5.32 Å². The van der Waals surface area contributed by atoms with Gasteiger partial charge in [-0.3, -0.25) is 14.5 Å². The second kappa shape index (κ2) is 8.55. The first-order valence-corrected chi connectivity index (χ1v) is 10.0. The highest BCUT2D eigenvalue weighted by atomic mass is 16.2. The molecule has 4 amide bonds. The van der Waals surface area contributed by atoms with Gasteiger partial charge in [-0.15, -0.1) is 0 Å². The van der Waals surface area contributed by atoms with Gasteiger partial charge in [-0.05, 0) is 24.8 Å². The largest absolute Gasteiger partial charge is 0.338 e. The molecule has 1 N–H and O–H groups in total. The number of hydrogen-bond acceptors (Lipinski definition) is 3. The van der Waals surface area contributed by atoms with Crippen molar-refractivity contribution in [1.82, 2.24) is 15.1 Å². The molecule has 1 aliphatic heterocycles. The van der Waals surface area contributed by atoms with Crippen LogP contribution in [0.5, 0.6) is 0 Å². The van der Waals surface area contributed by atoms with E-state index < -0.39 is 5.54 Å². The Balaban J connectivity index is 1.59. The minimum atomic E-state index is -0.717. The predicted octanol–water partition coefficient (Wildman–Crippen LogP) is 3.07. The molecule has 6 nitrogen and oxygen atoms in total. The van der Waals surface area contributed by atoms with Crippen molar-refractivity contribution in [3.8, 4) is 0 Å². The van der Waals surface area contributed by atoms with E-state index in [0.29, 0.717) is 25.9 Å². The second-order valence-electron chi connectivity index (χ2n) is 7.58. The van der Waals surface area contributed by atoms with E-state index in [0.717, 1.165) is 31.2 Å². The van der Waals surface area contributed by atoms with Gasteiger partial charge >= 0.3 is 6.03 Å². The van der Waals surface area contributed by atoms with Crippen LogP contribution in [0, 0.1) is 0 Å². The molecule has 146 valence electrons. The number of carbonyl (C=O) groups excluding carboxylic acids is 3. The van der Waals surface area contributed by atoms with Gasteiger partial charge in [-0.1, -0.05) is 56.5 Å². The Bertz CT molecular complexity index is 683. The number of imide groups is 1. The molecule has 0 radical (unpaired) electrons. The van der Waals surface area contributed by atoms with E-state index in [-0.39, 0.29) is 30.8 Å². The quantitative estimate of drug-likeness (QED) is 0.749. The Morgan fingerprint density at radius 2 is 1.85 bits per heavy atom. The molecule has 1 spiro atoms. The summed E-state index contributed by atoms with van der Waals surface area (Å²) in [6.07, 6.45) is 5.47. The Hall–Kier alpha value is -2.37. The lowest BCUT2D eigenvalue weighted by Crippen LogP contribution is -2.48. The zero-order chi connectivity index (χ0) is 19.3. The summed E-state index contributed by atoms with van der Waals surface area (Å²) >= 11 is 0. The van der Waals surface area contributed by atoms with Gasteiger partial charge in [0.2, 0.25) is 5.91 Å². The summed E-state index contributed by atoms with van der Waals surface area (Å²) in [5, 5.41) is 2.90. The van der Waals surface area contributed by atoms with E-state index in [2.05, 4.69) is 5.32 Å². The molecular weight excluding hydrogens is 342 g/mol. The number of carbonyl (C=O) groups is 3. The second-order valence-corrected chi connectivity index (χ2v) is 7.58. The number of urea groups is 1. The Kier molecular flexibility index (Phi) is 6.14. The third-order valence-corrected chi connectivity index (χ3v) is 5.56. The fraction of sp³-hybridized carbons (Fsp3) is 0.571. The van der Waals surface area contributed by atoms with Crippen molar-refractivity contribution in [1.29, 1.82) is 0 Å². The van der Waals surface area contributed by atoms with E-state index in [9.17, 15) is 14.4 Å². The summed E-state index contributed by atoms with van der Waals surface area (Å²) in [4.78, 5) is 40.9. The molecule has 0 bridgehead atoms. The molecular formula is C21H29N3O3. The van der Waals surface area contributed by atoms with Gasteiger partial charge in [-0.25, -0.2) is 4.79 Å². The standard InChI is InChI=1S/C21H29N3O3/c1-2-14-23(16-17-9-5-3-6-10-17)18(25)11-15-24-19(26)21(22-20(24)27)12-7-4-8-13-21/h3,5-6,9-10H,2,4,7-8,11-16H2,1H3,(H,22,27). The SMILES string of the molecule is CCCN(Cc1ccccc1)C(=O)CCN1C(=O)NC2(CCCCC2)C1=O. The molecule has 1 saturated heterocycles. The molecule has 27 heavy (non-hydrogen) atoms. The van der Waals surface area contributed by atoms with E-state index in [1.54, 1.807) is 0 Å².